The number of aryl methyl sites for hydroxylation is 2. The highest BCUT2D eigenvalue weighted by Crippen LogP contribution is 2.28. The number of anilines is 1. The van der Waals surface area contributed by atoms with Crippen molar-refractivity contribution in [1.29, 1.82) is 0 Å². The number of nitrogens with one attached hydrogen (secondary N) is 1. The molecule has 0 aromatic carbocycles. The fraction of sp³-hybridized carbons (Fsp3) is 0.333. The van der Waals surface area contributed by atoms with Gasteiger partial charge in [0.05, 0.1) is 29.2 Å². The number of hydrogen-bond donors (Lipinski definition) is 1. The van der Waals surface area contributed by atoms with Crippen LogP contribution in [0.1, 0.15) is 27.9 Å². The molecule has 0 aliphatic heterocycles. The van der Waals surface area contributed by atoms with E-state index in [4.69, 9.17) is 9.15 Å². The summed E-state index contributed by atoms with van der Waals surface area (Å²) < 4.78 is 12.1. The van der Waals surface area contributed by atoms with Crippen molar-refractivity contribution in [3.05, 3.63) is 34.6 Å². The van der Waals surface area contributed by atoms with E-state index in [9.17, 15) is 9.59 Å². The molecule has 3 aromatic heterocycles. The van der Waals surface area contributed by atoms with E-state index in [2.05, 4.69) is 15.5 Å². The largest absolute Gasteiger partial charge is 0.469 e. The van der Waals surface area contributed by atoms with Crippen LogP contribution in [0.5, 0.6) is 0 Å². The number of rotatable bonds is 7. The van der Waals surface area contributed by atoms with Crippen LogP contribution in [0.3, 0.4) is 0 Å². The average Bonchev–Trinajstić information content (AvgIpc) is 3.32. The number of ether oxygens (including phenoxy) is 1. The van der Waals surface area contributed by atoms with E-state index in [0.717, 1.165) is 16.9 Å². The van der Waals surface area contributed by atoms with Crippen LogP contribution in [0.25, 0.3) is 11.4 Å². The van der Waals surface area contributed by atoms with E-state index in [1.807, 2.05) is 31.5 Å². The van der Waals surface area contributed by atoms with E-state index in [1.54, 1.807) is 19.3 Å². The van der Waals surface area contributed by atoms with Crippen molar-refractivity contribution in [3.8, 4) is 11.4 Å². The number of amides is 1. The average molecular weight is 421 g/mol. The summed E-state index contributed by atoms with van der Waals surface area (Å²) in [5.74, 6) is 1.05. The van der Waals surface area contributed by atoms with Gasteiger partial charge in [-0.05, 0) is 38.5 Å². The maximum atomic E-state index is 12.3. The van der Waals surface area contributed by atoms with E-state index in [1.165, 1.54) is 23.1 Å². The van der Waals surface area contributed by atoms with Crippen molar-refractivity contribution < 1.29 is 18.7 Å². The number of carbonyl (C=O) groups is 2. The van der Waals surface area contributed by atoms with Gasteiger partial charge in [0, 0.05) is 7.05 Å². The molecule has 0 aliphatic carbocycles. The van der Waals surface area contributed by atoms with E-state index < -0.39 is 0 Å². The van der Waals surface area contributed by atoms with Crippen LogP contribution in [0.4, 0.5) is 5.00 Å². The second-order valence-electron chi connectivity index (χ2n) is 5.94. The lowest BCUT2D eigenvalue weighted by atomic mass is 10.2. The Labute approximate surface area is 170 Å². The summed E-state index contributed by atoms with van der Waals surface area (Å²) in [6.07, 6.45) is 1.60. The number of furan rings is 1. The molecule has 3 heterocycles. The van der Waals surface area contributed by atoms with E-state index in [0.29, 0.717) is 27.5 Å². The van der Waals surface area contributed by atoms with Gasteiger partial charge in [-0.25, -0.2) is 4.79 Å². The topological polar surface area (TPSA) is 99.2 Å². The molecule has 28 heavy (non-hydrogen) atoms. The molecule has 1 amide bonds. The van der Waals surface area contributed by atoms with Crippen molar-refractivity contribution in [2.75, 3.05) is 17.7 Å². The maximum Gasteiger partial charge on any atom is 0.348 e. The minimum atomic E-state index is -0.374. The standard InChI is InChI=1S/C18H20N4O4S2/c1-5-25-17(24)15-10(2)8-14(28-15)19-13(23)9-27-18-21-20-16(22(18)4)12-6-7-26-11(12)3/h6-8H,5,9H2,1-4H3,(H,19,23). The van der Waals surface area contributed by atoms with Crippen LogP contribution in [-0.2, 0) is 16.6 Å². The monoisotopic (exact) mass is 420 g/mol. The van der Waals surface area contributed by atoms with Gasteiger partial charge in [-0.1, -0.05) is 11.8 Å². The minimum absolute atomic E-state index is 0.169. The third-order valence-electron chi connectivity index (χ3n) is 3.91. The first-order valence-corrected chi connectivity index (χ1v) is 10.3. The molecule has 0 aliphatic rings. The zero-order chi connectivity index (χ0) is 20.3. The Balaban J connectivity index is 1.61. The SMILES string of the molecule is CCOC(=O)c1sc(NC(=O)CSc2nnc(-c3ccoc3C)n2C)cc1C. The highest BCUT2D eigenvalue weighted by Gasteiger charge is 2.18. The summed E-state index contributed by atoms with van der Waals surface area (Å²) in [5.41, 5.74) is 1.65. The quantitative estimate of drug-likeness (QED) is 0.460. The molecule has 0 saturated carbocycles. The Hall–Kier alpha value is -2.59. The van der Waals surface area contributed by atoms with Crippen molar-refractivity contribution in [2.24, 2.45) is 7.05 Å². The number of hydrogen-bond acceptors (Lipinski definition) is 8. The smallest absolute Gasteiger partial charge is 0.348 e. The van der Waals surface area contributed by atoms with Gasteiger partial charge in [0.1, 0.15) is 10.6 Å². The number of nitrogens with zero attached hydrogens (tertiary/aromatic N) is 3. The molecule has 1 N–H and O–H groups in total. The number of carbonyl (C=O) groups excluding carboxylic acids is 2. The normalized spacial score (nSPS) is 10.9. The third kappa shape index (κ3) is 4.28. The molecular weight excluding hydrogens is 400 g/mol. The molecule has 0 fully saturated rings. The lowest BCUT2D eigenvalue weighted by Gasteiger charge is -2.04. The Morgan fingerprint density at radius 1 is 1.36 bits per heavy atom. The van der Waals surface area contributed by atoms with Gasteiger partial charge < -0.3 is 19.0 Å². The zero-order valence-electron chi connectivity index (χ0n) is 15.9. The van der Waals surface area contributed by atoms with Gasteiger partial charge in [0.25, 0.3) is 0 Å². The lowest BCUT2D eigenvalue weighted by Crippen LogP contribution is -2.13. The molecule has 0 saturated heterocycles. The van der Waals surface area contributed by atoms with Crippen molar-refractivity contribution in [3.63, 3.8) is 0 Å². The van der Waals surface area contributed by atoms with Crippen LogP contribution in [0, 0.1) is 13.8 Å². The molecule has 8 nitrogen and oxygen atoms in total. The van der Waals surface area contributed by atoms with Gasteiger partial charge in [-0.2, -0.15) is 0 Å². The molecule has 148 valence electrons. The highest BCUT2D eigenvalue weighted by atomic mass is 32.2. The Bertz CT molecular complexity index is 1010. The molecule has 0 unspecified atom stereocenters. The zero-order valence-corrected chi connectivity index (χ0v) is 17.6. The predicted molar refractivity (Wildman–Crippen MR) is 108 cm³/mol. The molecule has 0 radical (unpaired) electrons. The molecule has 3 rings (SSSR count). The van der Waals surface area contributed by atoms with E-state index in [-0.39, 0.29) is 17.6 Å². The molecule has 0 atom stereocenters. The van der Waals surface area contributed by atoms with Gasteiger partial charge in [0.2, 0.25) is 5.91 Å². The van der Waals surface area contributed by atoms with Crippen molar-refractivity contribution in [2.45, 2.75) is 25.9 Å². The Morgan fingerprint density at radius 3 is 2.82 bits per heavy atom. The summed E-state index contributed by atoms with van der Waals surface area (Å²) in [5, 5.41) is 12.4. The molecule has 0 bridgehead atoms. The van der Waals surface area contributed by atoms with E-state index >= 15 is 0 Å². The van der Waals surface area contributed by atoms with Crippen LogP contribution >= 0.6 is 23.1 Å². The minimum Gasteiger partial charge on any atom is -0.469 e. The van der Waals surface area contributed by atoms with Crippen LogP contribution in [0.2, 0.25) is 0 Å². The molecule has 0 spiro atoms. The van der Waals surface area contributed by atoms with Gasteiger partial charge in [-0.3, -0.25) is 4.79 Å². The molecule has 10 heteroatoms. The van der Waals surface area contributed by atoms with Gasteiger partial charge >= 0.3 is 5.97 Å². The number of aromatic nitrogens is 3. The van der Waals surface area contributed by atoms with Crippen molar-refractivity contribution >= 4 is 40.0 Å². The maximum absolute atomic E-state index is 12.3. The summed E-state index contributed by atoms with van der Waals surface area (Å²) in [6, 6.07) is 3.60. The number of esters is 1. The first kappa shape index (κ1) is 20.2. The summed E-state index contributed by atoms with van der Waals surface area (Å²) in [7, 11) is 1.84. The van der Waals surface area contributed by atoms with Crippen LogP contribution in [0.15, 0.2) is 28.0 Å². The Kier molecular flexibility index (Phi) is 6.20. The lowest BCUT2D eigenvalue weighted by molar-refractivity contribution is -0.113. The Morgan fingerprint density at radius 2 is 2.14 bits per heavy atom. The first-order valence-electron chi connectivity index (χ1n) is 8.54. The second-order valence-corrected chi connectivity index (χ2v) is 7.93. The highest BCUT2D eigenvalue weighted by molar-refractivity contribution is 7.99. The van der Waals surface area contributed by atoms with Gasteiger partial charge in [0.15, 0.2) is 11.0 Å². The third-order valence-corrected chi connectivity index (χ3v) is 6.06. The fourth-order valence-corrected chi connectivity index (χ4v) is 4.23. The predicted octanol–water partition coefficient (Wildman–Crippen LogP) is 3.66. The summed E-state index contributed by atoms with van der Waals surface area (Å²) >= 11 is 2.49. The number of thioether (sulfide) groups is 1. The van der Waals surface area contributed by atoms with Crippen LogP contribution in [-0.4, -0.2) is 39.0 Å². The molecular formula is C18H20N4O4S2. The fourth-order valence-electron chi connectivity index (χ4n) is 2.54. The second kappa shape index (κ2) is 8.61. The van der Waals surface area contributed by atoms with Gasteiger partial charge in [-0.15, -0.1) is 21.5 Å². The molecule has 3 aromatic rings. The van der Waals surface area contributed by atoms with Crippen molar-refractivity contribution in [1.82, 2.24) is 14.8 Å². The summed E-state index contributed by atoms with van der Waals surface area (Å²) in [4.78, 5) is 24.7. The number of thiophene rings is 1. The summed E-state index contributed by atoms with van der Waals surface area (Å²) in [6.45, 7) is 5.74. The first-order chi connectivity index (χ1) is 13.4. The van der Waals surface area contributed by atoms with Crippen LogP contribution < -0.4 is 5.32 Å².